The number of H-pyrrole nitrogens is 1. The maximum absolute atomic E-state index is 12.7. The number of carbonyl (C=O) groups is 1. The van der Waals surface area contributed by atoms with Crippen LogP contribution in [0.3, 0.4) is 0 Å². The largest absolute Gasteiger partial charge is 0.379 e. The van der Waals surface area contributed by atoms with E-state index in [0.717, 1.165) is 57.5 Å². The molecule has 0 bridgehead atoms. The molecule has 1 aromatic heterocycles. The van der Waals surface area contributed by atoms with Gasteiger partial charge in [0.15, 0.2) is 5.84 Å². The van der Waals surface area contributed by atoms with Crippen molar-refractivity contribution in [1.82, 2.24) is 20.1 Å². The number of aromatic amines is 1. The number of benzene rings is 1. The minimum atomic E-state index is -0.410. The van der Waals surface area contributed by atoms with Crippen LogP contribution in [-0.2, 0) is 11.2 Å². The maximum Gasteiger partial charge on any atom is 0.286 e. The topological polar surface area (TPSA) is 114 Å². The van der Waals surface area contributed by atoms with Gasteiger partial charge in [-0.15, -0.1) is 0 Å². The van der Waals surface area contributed by atoms with Gasteiger partial charge in [0.2, 0.25) is 5.96 Å². The van der Waals surface area contributed by atoms with Crippen molar-refractivity contribution in [2.45, 2.75) is 45.6 Å². The molecule has 8 heteroatoms. The third-order valence-corrected chi connectivity index (χ3v) is 5.78. The van der Waals surface area contributed by atoms with Crippen LogP contribution in [-0.4, -0.2) is 71.3 Å². The van der Waals surface area contributed by atoms with Gasteiger partial charge in [-0.2, -0.15) is 4.99 Å². The van der Waals surface area contributed by atoms with Crippen molar-refractivity contribution in [3.8, 4) is 0 Å². The van der Waals surface area contributed by atoms with E-state index in [1.807, 2.05) is 29.3 Å². The highest BCUT2D eigenvalue weighted by Crippen LogP contribution is 2.20. The van der Waals surface area contributed by atoms with Crippen molar-refractivity contribution in [2.24, 2.45) is 10.7 Å². The average Bonchev–Trinajstić information content (AvgIpc) is 3.17. The van der Waals surface area contributed by atoms with Crippen molar-refractivity contribution in [3.63, 3.8) is 0 Å². The molecule has 0 spiro atoms. The molecule has 5 N–H and O–H groups in total. The third-order valence-electron chi connectivity index (χ3n) is 5.78. The molecule has 0 aliphatic carbocycles. The number of amidine groups is 1. The molecule has 0 saturated carbocycles. The van der Waals surface area contributed by atoms with E-state index in [1.165, 1.54) is 10.9 Å². The van der Waals surface area contributed by atoms with Crippen LogP contribution in [0.25, 0.3) is 10.9 Å². The standard InChI is InChI=1S/C23H35N7O/c1-3-7-18(15-17-16-26-20-9-6-5-8-19(17)20)27-22(31)21(24)28-23(25)30-13-11-29(10-4-2)12-14-30/h5-6,8-9,16,18,26H,3-4,7,10-15H2,1-2H3,(H,27,31)(H3,24,25,28). The van der Waals surface area contributed by atoms with Crippen molar-refractivity contribution in [2.75, 3.05) is 32.7 Å². The summed E-state index contributed by atoms with van der Waals surface area (Å²) in [5, 5.41) is 12.4. The number of hydrogen-bond acceptors (Lipinski definition) is 3. The number of hydrogen-bond donors (Lipinski definition) is 4. The van der Waals surface area contributed by atoms with Gasteiger partial charge < -0.3 is 20.9 Å². The number of aliphatic imine (C=N–C) groups is 1. The third kappa shape index (κ3) is 6.07. The first-order valence-electron chi connectivity index (χ1n) is 11.3. The first kappa shape index (κ1) is 22.8. The molecular weight excluding hydrogens is 390 g/mol. The Labute approximate surface area is 184 Å². The van der Waals surface area contributed by atoms with E-state index in [9.17, 15) is 4.79 Å². The van der Waals surface area contributed by atoms with Gasteiger partial charge in [-0.3, -0.25) is 15.1 Å². The summed E-state index contributed by atoms with van der Waals surface area (Å²) in [5.74, 6) is -0.499. The van der Waals surface area contributed by atoms with E-state index in [4.69, 9.17) is 11.1 Å². The van der Waals surface area contributed by atoms with Gasteiger partial charge in [0.05, 0.1) is 0 Å². The van der Waals surface area contributed by atoms with Crippen LogP contribution in [0.1, 0.15) is 38.7 Å². The minimum absolute atomic E-state index is 0.0442. The molecule has 1 fully saturated rings. The predicted octanol–water partition coefficient (Wildman–Crippen LogP) is 2.31. The lowest BCUT2D eigenvalue weighted by Gasteiger charge is -2.34. The van der Waals surface area contributed by atoms with Gasteiger partial charge in [0.25, 0.3) is 5.91 Å². The zero-order valence-electron chi connectivity index (χ0n) is 18.7. The number of fused-ring (bicyclic) bond motifs is 1. The SMILES string of the molecule is CCCC(Cc1c[nH]c2ccccc12)NC(=O)C(N)=NC(=N)N1CCN(CCC)CC1. The van der Waals surface area contributed by atoms with Crippen LogP contribution in [0.15, 0.2) is 35.5 Å². The smallest absolute Gasteiger partial charge is 0.286 e. The number of amides is 1. The summed E-state index contributed by atoms with van der Waals surface area (Å²) in [7, 11) is 0. The quantitative estimate of drug-likeness (QED) is 0.403. The summed E-state index contributed by atoms with van der Waals surface area (Å²) in [6.45, 7) is 8.61. The number of rotatable bonds is 7. The Hall–Kier alpha value is -2.87. The molecule has 2 aromatic rings. The summed E-state index contributed by atoms with van der Waals surface area (Å²) in [6.07, 6.45) is 5.64. The van der Waals surface area contributed by atoms with E-state index in [-0.39, 0.29) is 17.8 Å². The normalized spacial score (nSPS) is 16.5. The fourth-order valence-electron chi connectivity index (χ4n) is 4.13. The fourth-order valence-corrected chi connectivity index (χ4v) is 4.13. The number of para-hydroxylation sites is 1. The van der Waals surface area contributed by atoms with Gasteiger partial charge in [0, 0.05) is 49.3 Å². The number of nitrogens with zero attached hydrogens (tertiary/aromatic N) is 3. The van der Waals surface area contributed by atoms with Crippen LogP contribution >= 0.6 is 0 Å². The molecule has 2 heterocycles. The first-order valence-corrected chi connectivity index (χ1v) is 11.3. The molecule has 1 saturated heterocycles. The lowest BCUT2D eigenvalue weighted by atomic mass is 10.0. The van der Waals surface area contributed by atoms with Crippen LogP contribution in [0.2, 0.25) is 0 Å². The average molecular weight is 426 g/mol. The van der Waals surface area contributed by atoms with Gasteiger partial charge in [-0.25, -0.2) is 0 Å². The highest BCUT2D eigenvalue weighted by atomic mass is 16.2. The van der Waals surface area contributed by atoms with E-state index in [0.29, 0.717) is 6.42 Å². The molecule has 8 nitrogen and oxygen atoms in total. The molecule has 3 rings (SSSR count). The van der Waals surface area contributed by atoms with Crippen LogP contribution in [0, 0.1) is 5.41 Å². The summed E-state index contributed by atoms with van der Waals surface area (Å²) in [4.78, 5) is 24.3. The van der Waals surface area contributed by atoms with Crippen LogP contribution < -0.4 is 11.1 Å². The molecule has 1 aliphatic heterocycles. The summed E-state index contributed by atoms with van der Waals surface area (Å²) in [6, 6.07) is 8.11. The predicted molar refractivity (Wildman–Crippen MR) is 126 cm³/mol. The Morgan fingerprint density at radius 2 is 1.97 bits per heavy atom. The number of nitrogens with one attached hydrogen (secondary N) is 3. The summed E-state index contributed by atoms with van der Waals surface area (Å²) < 4.78 is 0. The number of carbonyl (C=O) groups excluding carboxylic acids is 1. The van der Waals surface area contributed by atoms with E-state index in [1.54, 1.807) is 0 Å². The van der Waals surface area contributed by atoms with Gasteiger partial charge in [-0.1, -0.05) is 38.5 Å². The molecule has 1 aromatic carbocycles. The number of guanidine groups is 1. The number of piperazine rings is 1. The zero-order valence-corrected chi connectivity index (χ0v) is 18.7. The van der Waals surface area contributed by atoms with Gasteiger partial charge >= 0.3 is 0 Å². The fraction of sp³-hybridized carbons (Fsp3) is 0.522. The Morgan fingerprint density at radius 3 is 2.68 bits per heavy atom. The Balaban J connectivity index is 1.58. The summed E-state index contributed by atoms with van der Waals surface area (Å²) in [5.41, 5.74) is 8.22. The highest BCUT2D eigenvalue weighted by Gasteiger charge is 2.21. The van der Waals surface area contributed by atoms with Crippen molar-refractivity contribution >= 4 is 28.6 Å². The molecule has 1 amide bonds. The van der Waals surface area contributed by atoms with Crippen molar-refractivity contribution in [3.05, 3.63) is 36.0 Å². The second kappa shape index (κ2) is 10.9. The van der Waals surface area contributed by atoms with E-state index < -0.39 is 5.91 Å². The zero-order chi connectivity index (χ0) is 22.2. The highest BCUT2D eigenvalue weighted by molar-refractivity contribution is 6.38. The Morgan fingerprint density at radius 1 is 1.23 bits per heavy atom. The molecule has 1 unspecified atom stereocenters. The molecule has 31 heavy (non-hydrogen) atoms. The molecule has 0 radical (unpaired) electrons. The van der Waals surface area contributed by atoms with Gasteiger partial charge in [-0.05, 0) is 37.4 Å². The lowest BCUT2D eigenvalue weighted by molar-refractivity contribution is -0.115. The van der Waals surface area contributed by atoms with Gasteiger partial charge in [0.1, 0.15) is 0 Å². The minimum Gasteiger partial charge on any atom is -0.379 e. The molecule has 168 valence electrons. The second-order valence-corrected chi connectivity index (χ2v) is 8.17. The summed E-state index contributed by atoms with van der Waals surface area (Å²) >= 11 is 0. The van der Waals surface area contributed by atoms with E-state index >= 15 is 0 Å². The second-order valence-electron chi connectivity index (χ2n) is 8.17. The van der Waals surface area contributed by atoms with Crippen LogP contribution in [0.5, 0.6) is 0 Å². The number of aromatic nitrogens is 1. The Kier molecular flexibility index (Phi) is 8.06. The molecule has 1 aliphatic rings. The van der Waals surface area contributed by atoms with E-state index in [2.05, 4.69) is 40.1 Å². The van der Waals surface area contributed by atoms with Crippen molar-refractivity contribution < 1.29 is 4.79 Å². The van der Waals surface area contributed by atoms with Crippen molar-refractivity contribution in [1.29, 1.82) is 5.41 Å². The molecule has 1 atom stereocenters. The molecular formula is C23H35N7O. The lowest BCUT2D eigenvalue weighted by Crippen LogP contribution is -2.49. The monoisotopic (exact) mass is 425 g/mol. The Bertz CT molecular complexity index is 912. The van der Waals surface area contributed by atoms with Crippen LogP contribution in [0.4, 0.5) is 0 Å². The number of nitrogens with two attached hydrogens (primary N) is 1. The first-order chi connectivity index (χ1) is 15.0. The maximum atomic E-state index is 12.7.